The Labute approximate surface area is 155 Å². The number of anilines is 1. The Bertz CT molecular complexity index is 870. The Morgan fingerprint density at radius 2 is 2.08 bits per heavy atom. The Morgan fingerprint density at radius 3 is 2.80 bits per heavy atom. The van der Waals surface area contributed by atoms with Crippen LogP contribution < -0.4 is 5.32 Å². The lowest BCUT2D eigenvalue weighted by molar-refractivity contribution is -0.119. The molecule has 0 aliphatic heterocycles. The second kappa shape index (κ2) is 7.65. The third-order valence-electron chi connectivity index (χ3n) is 4.00. The molecule has 0 aliphatic rings. The highest BCUT2D eigenvalue weighted by Crippen LogP contribution is 2.12. The van der Waals surface area contributed by atoms with Gasteiger partial charge in [0.1, 0.15) is 0 Å². The van der Waals surface area contributed by atoms with Crippen molar-refractivity contribution < 1.29 is 4.79 Å². The molecule has 0 bridgehead atoms. The summed E-state index contributed by atoms with van der Waals surface area (Å²) in [4.78, 5) is 12.3. The summed E-state index contributed by atoms with van der Waals surface area (Å²) in [5.41, 5.74) is 2.43. The minimum atomic E-state index is -0.215. The van der Waals surface area contributed by atoms with Gasteiger partial charge in [0.2, 0.25) is 5.91 Å². The topological polar surface area (TPSA) is 64.7 Å². The minimum Gasteiger partial charge on any atom is -0.309 e. The van der Waals surface area contributed by atoms with E-state index in [1.807, 2.05) is 42.2 Å². The average molecular weight is 402 g/mol. The van der Waals surface area contributed by atoms with Crippen molar-refractivity contribution in [3.8, 4) is 0 Å². The number of rotatable bonds is 6. The number of benzene rings is 1. The van der Waals surface area contributed by atoms with Gasteiger partial charge in [0.15, 0.2) is 5.82 Å². The van der Waals surface area contributed by atoms with Gasteiger partial charge in [0.05, 0.1) is 29.7 Å². The van der Waals surface area contributed by atoms with E-state index in [-0.39, 0.29) is 11.8 Å². The van der Waals surface area contributed by atoms with Crippen LogP contribution in [0, 0.1) is 12.8 Å². The van der Waals surface area contributed by atoms with Crippen molar-refractivity contribution >= 4 is 27.7 Å². The minimum absolute atomic E-state index is 0.0761. The molecule has 2 aromatic heterocycles. The molecule has 1 atom stereocenters. The molecule has 0 saturated heterocycles. The van der Waals surface area contributed by atoms with Crippen LogP contribution in [0.3, 0.4) is 0 Å². The van der Waals surface area contributed by atoms with Crippen LogP contribution in [0.5, 0.6) is 0 Å². The van der Waals surface area contributed by atoms with Crippen LogP contribution in [0.15, 0.2) is 53.4 Å². The Morgan fingerprint density at radius 1 is 1.28 bits per heavy atom. The number of aromatic nitrogens is 4. The first-order valence-corrected chi connectivity index (χ1v) is 8.87. The highest BCUT2D eigenvalue weighted by molar-refractivity contribution is 9.10. The number of carbonyl (C=O) groups excluding carboxylic acids is 1. The van der Waals surface area contributed by atoms with Crippen LogP contribution >= 0.6 is 15.9 Å². The van der Waals surface area contributed by atoms with Gasteiger partial charge < -0.3 is 5.32 Å². The molecule has 0 spiro atoms. The highest BCUT2D eigenvalue weighted by Gasteiger charge is 2.15. The average Bonchev–Trinajstić information content (AvgIpc) is 3.18. The number of amides is 1. The standard InChI is InChI=1S/C18H20BrN5O/c1-13-5-3-4-6-15(13)11-23-8-7-17(22-23)21-18(25)14(2)10-24-12-16(19)9-20-24/h3-9,12,14H,10-11H2,1-2H3,(H,21,22,25). The number of nitrogens with one attached hydrogen (secondary N) is 1. The van der Waals surface area contributed by atoms with Crippen LogP contribution in [0.1, 0.15) is 18.1 Å². The van der Waals surface area contributed by atoms with Crippen LogP contribution in [0.4, 0.5) is 5.82 Å². The van der Waals surface area contributed by atoms with Gasteiger partial charge in [-0.2, -0.15) is 10.2 Å². The van der Waals surface area contributed by atoms with E-state index in [2.05, 4.69) is 50.5 Å². The quantitative estimate of drug-likeness (QED) is 0.687. The zero-order valence-electron chi connectivity index (χ0n) is 14.2. The lowest BCUT2D eigenvalue weighted by Crippen LogP contribution is -2.24. The fourth-order valence-corrected chi connectivity index (χ4v) is 2.86. The molecule has 6 nitrogen and oxygen atoms in total. The zero-order chi connectivity index (χ0) is 17.8. The molecule has 2 heterocycles. The third kappa shape index (κ3) is 4.57. The molecule has 0 aliphatic carbocycles. The summed E-state index contributed by atoms with van der Waals surface area (Å²) >= 11 is 3.35. The number of halogens is 1. The molecule has 1 N–H and O–H groups in total. The molecule has 1 unspecified atom stereocenters. The zero-order valence-corrected chi connectivity index (χ0v) is 15.8. The lowest BCUT2D eigenvalue weighted by Gasteiger charge is -2.11. The predicted octanol–water partition coefficient (Wildman–Crippen LogP) is 3.47. The largest absolute Gasteiger partial charge is 0.309 e. The van der Waals surface area contributed by atoms with Gasteiger partial charge in [-0.15, -0.1) is 0 Å². The third-order valence-corrected chi connectivity index (χ3v) is 4.41. The van der Waals surface area contributed by atoms with Gasteiger partial charge in [-0.25, -0.2) is 0 Å². The summed E-state index contributed by atoms with van der Waals surface area (Å²) in [5.74, 6) is 0.271. The van der Waals surface area contributed by atoms with Crippen molar-refractivity contribution in [3.63, 3.8) is 0 Å². The van der Waals surface area contributed by atoms with Crippen LogP contribution in [0.25, 0.3) is 0 Å². The Hall–Kier alpha value is -2.41. The van der Waals surface area contributed by atoms with Crippen LogP contribution in [-0.2, 0) is 17.9 Å². The van der Waals surface area contributed by atoms with Crippen molar-refractivity contribution in [1.29, 1.82) is 0 Å². The van der Waals surface area contributed by atoms with Crippen molar-refractivity contribution in [2.75, 3.05) is 5.32 Å². The first-order valence-electron chi connectivity index (χ1n) is 8.08. The summed E-state index contributed by atoms with van der Waals surface area (Å²) in [6, 6.07) is 10.0. The molecule has 3 rings (SSSR count). The van der Waals surface area contributed by atoms with E-state index < -0.39 is 0 Å². The SMILES string of the molecule is Cc1ccccc1Cn1ccc(NC(=O)C(C)Cn2cc(Br)cn2)n1. The van der Waals surface area contributed by atoms with E-state index in [4.69, 9.17) is 0 Å². The van der Waals surface area contributed by atoms with Gasteiger partial charge >= 0.3 is 0 Å². The second-order valence-corrected chi connectivity index (χ2v) is 7.01. The summed E-state index contributed by atoms with van der Waals surface area (Å²) < 4.78 is 4.47. The summed E-state index contributed by atoms with van der Waals surface area (Å²) in [5, 5.41) is 11.5. The van der Waals surface area contributed by atoms with Crippen molar-refractivity contribution in [2.24, 2.45) is 5.92 Å². The number of hydrogen-bond donors (Lipinski definition) is 1. The van der Waals surface area contributed by atoms with Gasteiger partial charge in [-0.3, -0.25) is 14.2 Å². The summed E-state index contributed by atoms with van der Waals surface area (Å²) in [7, 11) is 0. The van der Waals surface area contributed by atoms with E-state index >= 15 is 0 Å². The van der Waals surface area contributed by atoms with E-state index in [0.29, 0.717) is 18.9 Å². The normalized spacial score (nSPS) is 12.1. The molecule has 1 aromatic carbocycles. The maximum Gasteiger partial charge on any atom is 0.230 e. The van der Waals surface area contributed by atoms with Crippen molar-refractivity contribution in [3.05, 3.63) is 64.5 Å². The van der Waals surface area contributed by atoms with E-state index in [9.17, 15) is 4.79 Å². The molecule has 130 valence electrons. The van der Waals surface area contributed by atoms with Crippen LogP contribution in [0.2, 0.25) is 0 Å². The molecular formula is C18H20BrN5O. The molecule has 0 fully saturated rings. The molecule has 25 heavy (non-hydrogen) atoms. The second-order valence-electron chi connectivity index (χ2n) is 6.10. The summed E-state index contributed by atoms with van der Waals surface area (Å²) in [6.07, 6.45) is 5.43. The smallest absolute Gasteiger partial charge is 0.230 e. The maximum absolute atomic E-state index is 12.3. The fraction of sp³-hybridized carbons (Fsp3) is 0.278. The van der Waals surface area contributed by atoms with Crippen molar-refractivity contribution in [2.45, 2.75) is 26.9 Å². The van der Waals surface area contributed by atoms with E-state index in [1.165, 1.54) is 11.1 Å². The highest BCUT2D eigenvalue weighted by atomic mass is 79.9. The van der Waals surface area contributed by atoms with Gasteiger partial charge in [-0.05, 0) is 34.0 Å². The van der Waals surface area contributed by atoms with E-state index in [0.717, 1.165) is 4.47 Å². The molecule has 0 saturated carbocycles. The van der Waals surface area contributed by atoms with Gasteiger partial charge in [0, 0.05) is 18.5 Å². The van der Waals surface area contributed by atoms with Gasteiger partial charge in [-0.1, -0.05) is 31.2 Å². The first kappa shape index (κ1) is 17.4. The van der Waals surface area contributed by atoms with Gasteiger partial charge in [0.25, 0.3) is 0 Å². The Balaban J connectivity index is 1.59. The molecule has 0 radical (unpaired) electrons. The Kier molecular flexibility index (Phi) is 5.33. The predicted molar refractivity (Wildman–Crippen MR) is 100 cm³/mol. The number of aryl methyl sites for hydroxylation is 1. The monoisotopic (exact) mass is 401 g/mol. The lowest BCUT2D eigenvalue weighted by atomic mass is 10.1. The fourth-order valence-electron chi connectivity index (χ4n) is 2.53. The molecule has 7 heteroatoms. The molecular weight excluding hydrogens is 382 g/mol. The number of carbonyl (C=O) groups is 1. The maximum atomic E-state index is 12.3. The first-order chi connectivity index (χ1) is 12.0. The molecule has 3 aromatic rings. The van der Waals surface area contributed by atoms with Crippen LogP contribution in [-0.4, -0.2) is 25.5 Å². The van der Waals surface area contributed by atoms with E-state index in [1.54, 1.807) is 10.9 Å². The molecule has 1 amide bonds. The number of nitrogens with zero attached hydrogens (tertiary/aromatic N) is 4. The van der Waals surface area contributed by atoms with Crippen molar-refractivity contribution in [1.82, 2.24) is 19.6 Å². The summed E-state index contributed by atoms with van der Waals surface area (Å²) in [6.45, 7) is 5.15. The number of hydrogen-bond acceptors (Lipinski definition) is 3.